The Hall–Kier alpha value is -1.38. The molecule has 0 N–H and O–H groups in total. The van der Waals surface area contributed by atoms with Crippen molar-refractivity contribution in [2.45, 2.75) is 13.3 Å². The van der Waals surface area contributed by atoms with Crippen molar-refractivity contribution in [2.75, 3.05) is 0 Å². The van der Waals surface area contributed by atoms with E-state index in [1.165, 1.54) is 16.8 Å². The minimum absolute atomic E-state index is 0.264. The van der Waals surface area contributed by atoms with Gasteiger partial charge in [-0.3, -0.25) is 4.40 Å². The van der Waals surface area contributed by atoms with Crippen molar-refractivity contribution in [3.8, 4) is 0 Å². The fourth-order valence-electron chi connectivity index (χ4n) is 1.34. The van der Waals surface area contributed by atoms with Crippen LogP contribution in [-0.4, -0.2) is 9.38 Å². The van der Waals surface area contributed by atoms with E-state index in [9.17, 15) is 4.39 Å². The van der Waals surface area contributed by atoms with Crippen molar-refractivity contribution in [3.05, 3.63) is 36.2 Å². The highest BCUT2D eigenvalue weighted by Gasteiger charge is 2.02. The largest absolute Gasteiger partial charge is 0.275 e. The number of aryl methyl sites for hydroxylation is 1. The second kappa shape index (κ2) is 2.59. The van der Waals surface area contributed by atoms with Gasteiger partial charge < -0.3 is 0 Å². The zero-order valence-electron chi connectivity index (χ0n) is 6.79. The van der Waals surface area contributed by atoms with Gasteiger partial charge in [0.25, 0.3) is 0 Å². The van der Waals surface area contributed by atoms with Crippen LogP contribution in [-0.2, 0) is 6.42 Å². The average Bonchev–Trinajstić information content (AvgIpc) is 2.54. The number of nitrogens with zero attached hydrogens (tertiary/aromatic N) is 2. The third-order valence-corrected chi connectivity index (χ3v) is 2.00. The first-order valence-electron chi connectivity index (χ1n) is 3.92. The van der Waals surface area contributed by atoms with Crippen LogP contribution in [0.15, 0.2) is 24.7 Å². The monoisotopic (exact) mass is 164 g/mol. The van der Waals surface area contributed by atoms with Crippen molar-refractivity contribution >= 4 is 5.52 Å². The van der Waals surface area contributed by atoms with Gasteiger partial charge in [-0.25, -0.2) is 4.98 Å². The Morgan fingerprint density at radius 3 is 3.08 bits per heavy atom. The van der Waals surface area contributed by atoms with E-state index in [0.717, 1.165) is 17.5 Å². The van der Waals surface area contributed by atoms with Crippen molar-refractivity contribution in [1.82, 2.24) is 9.38 Å². The number of rotatable bonds is 1. The third-order valence-electron chi connectivity index (χ3n) is 2.00. The molecule has 0 unspecified atom stereocenters. The highest BCUT2D eigenvalue weighted by Crippen LogP contribution is 2.12. The van der Waals surface area contributed by atoms with Gasteiger partial charge in [-0.1, -0.05) is 13.0 Å². The average molecular weight is 164 g/mol. The Morgan fingerprint density at radius 1 is 1.50 bits per heavy atom. The van der Waals surface area contributed by atoms with Crippen LogP contribution in [0.2, 0.25) is 0 Å². The van der Waals surface area contributed by atoms with Crippen molar-refractivity contribution in [1.29, 1.82) is 0 Å². The lowest BCUT2D eigenvalue weighted by atomic mass is 10.2. The molecule has 2 rings (SSSR count). The molecule has 0 spiro atoms. The van der Waals surface area contributed by atoms with Crippen molar-refractivity contribution in [2.24, 2.45) is 0 Å². The van der Waals surface area contributed by atoms with Gasteiger partial charge >= 0.3 is 0 Å². The van der Waals surface area contributed by atoms with E-state index in [1.807, 2.05) is 6.92 Å². The fourth-order valence-corrected chi connectivity index (χ4v) is 1.34. The molecule has 0 aliphatic heterocycles. The molecule has 0 saturated carbocycles. The van der Waals surface area contributed by atoms with Gasteiger partial charge in [0.1, 0.15) is 6.33 Å². The second-order valence-electron chi connectivity index (χ2n) is 2.68. The molecule has 0 aliphatic rings. The third kappa shape index (κ3) is 0.897. The summed E-state index contributed by atoms with van der Waals surface area (Å²) >= 11 is 0. The van der Waals surface area contributed by atoms with Crippen LogP contribution in [0.1, 0.15) is 12.5 Å². The predicted molar refractivity (Wildman–Crippen MR) is 44.5 cm³/mol. The summed E-state index contributed by atoms with van der Waals surface area (Å²) in [7, 11) is 0. The summed E-state index contributed by atoms with van der Waals surface area (Å²) < 4.78 is 14.5. The molecule has 2 aromatic heterocycles. The van der Waals surface area contributed by atoms with Crippen LogP contribution in [0.25, 0.3) is 5.52 Å². The van der Waals surface area contributed by atoms with Crippen LogP contribution in [0.3, 0.4) is 0 Å². The molecule has 0 aliphatic carbocycles. The normalized spacial score (nSPS) is 10.8. The molecule has 0 bridgehead atoms. The van der Waals surface area contributed by atoms with E-state index in [0.29, 0.717) is 0 Å². The van der Waals surface area contributed by atoms with E-state index < -0.39 is 0 Å². The van der Waals surface area contributed by atoms with Crippen LogP contribution >= 0.6 is 0 Å². The first-order valence-corrected chi connectivity index (χ1v) is 3.92. The predicted octanol–water partition coefficient (Wildman–Crippen LogP) is 2.04. The van der Waals surface area contributed by atoms with E-state index in [2.05, 4.69) is 4.98 Å². The maximum Gasteiger partial charge on any atom is 0.199 e. The second-order valence-corrected chi connectivity index (χ2v) is 2.68. The zero-order valence-corrected chi connectivity index (χ0v) is 6.79. The van der Waals surface area contributed by atoms with Crippen LogP contribution in [0.4, 0.5) is 4.39 Å². The number of halogens is 1. The van der Waals surface area contributed by atoms with Crippen LogP contribution < -0.4 is 0 Å². The molecular formula is C9H9FN2. The topological polar surface area (TPSA) is 17.3 Å². The number of imidazole rings is 1. The Labute approximate surface area is 69.7 Å². The molecule has 0 amide bonds. The zero-order chi connectivity index (χ0) is 8.55. The van der Waals surface area contributed by atoms with E-state index in [4.69, 9.17) is 0 Å². The lowest BCUT2D eigenvalue weighted by Gasteiger charge is -2.00. The number of pyridine rings is 1. The van der Waals surface area contributed by atoms with Gasteiger partial charge in [-0.15, -0.1) is 0 Å². The van der Waals surface area contributed by atoms with E-state index >= 15 is 0 Å². The Balaban J connectivity index is 2.82. The molecule has 62 valence electrons. The van der Waals surface area contributed by atoms with Crippen molar-refractivity contribution in [3.63, 3.8) is 0 Å². The minimum Gasteiger partial charge on any atom is -0.275 e. The molecule has 3 heteroatoms. The molecule has 0 aromatic carbocycles. The maximum atomic E-state index is 13.1. The lowest BCUT2D eigenvalue weighted by Crippen LogP contribution is -1.93. The summed E-state index contributed by atoms with van der Waals surface area (Å²) in [4.78, 5) is 3.89. The molecule has 0 atom stereocenters. The quantitative estimate of drug-likeness (QED) is 0.589. The van der Waals surface area contributed by atoms with Crippen LogP contribution in [0, 0.1) is 5.95 Å². The standard InChI is InChI=1S/C9H9FN2/c1-2-7-3-4-9(10)12-6-11-5-8(7)12/h3-6H,2H2,1H3. The molecule has 2 heterocycles. The summed E-state index contributed by atoms with van der Waals surface area (Å²) in [5, 5.41) is 0. The van der Waals surface area contributed by atoms with Gasteiger partial charge in [0, 0.05) is 0 Å². The van der Waals surface area contributed by atoms with Crippen molar-refractivity contribution < 1.29 is 4.39 Å². The lowest BCUT2D eigenvalue weighted by molar-refractivity contribution is 0.566. The summed E-state index contributed by atoms with van der Waals surface area (Å²) in [5.41, 5.74) is 1.98. The molecule has 2 aromatic rings. The summed E-state index contributed by atoms with van der Waals surface area (Å²) in [5.74, 6) is -0.264. The van der Waals surface area contributed by atoms with Gasteiger partial charge in [0.05, 0.1) is 11.7 Å². The van der Waals surface area contributed by atoms with Gasteiger partial charge in [-0.2, -0.15) is 4.39 Å². The first-order chi connectivity index (χ1) is 5.83. The molecule has 0 saturated heterocycles. The number of hydrogen-bond acceptors (Lipinski definition) is 1. The highest BCUT2D eigenvalue weighted by atomic mass is 19.1. The maximum absolute atomic E-state index is 13.1. The smallest absolute Gasteiger partial charge is 0.199 e. The van der Waals surface area contributed by atoms with E-state index in [-0.39, 0.29) is 5.95 Å². The van der Waals surface area contributed by atoms with Gasteiger partial charge in [-0.05, 0) is 18.1 Å². The Morgan fingerprint density at radius 2 is 2.33 bits per heavy atom. The number of fused-ring (bicyclic) bond motifs is 1. The molecule has 12 heavy (non-hydrogen) atoms. The van der Waals surface area contributed by atoms with Gasteiger partial charge in [0.2, 0.25) is 0 Å². The Bertz CT molecular complexity index is 406. The summed E-state index contributed by atoms with van der Waals surface area (Å²) in [6.07, 6.45) is 4.07. The Kier molecular flexibility index (Phi) is 1.57. The first kappa shape index (κ1) is 7.28. The fraction of sp³-hybridized carbons (Fsp3) is 0.222. The number of hydrogen-bond donors (Lipinski definition) is 0. The van der Waals surface area contributed by atoms with Gasteiger partial charge in [0.15, 0.2) is 5.95 Å². The molecule has 0 fully saturated rings. The molecular weight excluding hydrogens is 155 g/mol. The summed E-state index contributed by atoms with van der Waals surface area (Å²) in [6.45, 7) is 2.04. The van der Waals surface area contributed by atoms with E-state index in [1.54, 1.807) is 12.3 Å². The molecule has 0 radical (unpaired) electrons. The minimum atomic E-state index is -0.264. The number of aromatic nitrogens is 2. The summed E-state index contributed by atoms with van der Waals surface area (Å²) in [6, 6.07) is 3.26. The highest BCUT2D eigenvalue weighted by molar-refractivity contribution is 5.53. The van der Waals surface area contributed by atoms with Crippen LogP contribution in [0.5, 0.6) is 0 Å². The molecule has 2 nitrogen and oxygen atoms in total. The SMILES string of the molecule is CCc1ccc(F)n2cncc12.